The monoisotopic (exact) mass is 296 g/mol. The average molecular weight is 296 g/mol. The maximum absolute atomic E-state index is 13.5. The summed E-state index contributed by atoms with van der Waals surface area (Å²) in [5.74, 6) is -0.624. The molecule has 0 saturated carbocycles. The van der Waals surface area contributed by atoms with Crippen molar-refractivity contribution in [3.8, 4) is 5.75 Å². The summed E-state index contributed by atoms with van der Waals surface area (Å²) in [5.41, 5.74) is 5.83. The third kappa shape index (κ3) is 2.83. The van der Waals surface area contributed by atoms with E-state index in [2.05, 4.69) is 4.72 Å². The summed E-state index contributed by atoms with van der Waals surface area (Å²) in [6.07, 6.45) is 0. The summed E-state index contributed by atoms with van der Waals surface area (Å²) in [4.78, 5) is -0.0590. The van der Waals surface area contributed by atoms with E-state index in [0.717, 1.165) is 6.07 Å². The van der Waals surface area contributed by atoms with Crippen LogP contribution in [0.25, 0.3) is 0 Å². The molecule has 2 rings (SSSR count). The van der Waals surface area contributed by atoms with Crippen LogP contribution in [0.15, 0.2) is 47.4 Å². The SMILES string of the molecule is COc1ccc(NS(=O)(=O)c2ccccc2N)cc1F. The largest absolute Gasteiger partial charge is 0.494 e. The van der Waals surface area contributed by atoms with Crippen molar-refractivity contribution < 1.29 is 17.5 Å². The smallest absolute Gasteiger partial charge is 0.263 e. The Morgan fingerprint density at radius 2 is 1.90 bits per heavy atom. The Morgan fingerprint density at radius 3 is 2.50 bits per heavy atom. The van der Waals surface area contributed by atoms with E-state index >= 15 is 0 Å². The van der Waals surface area contributed by atoms with E-state index in [1.807, 2.05) is 0 Å². The van der Waals surface area contributed by atoms with Crippen LogP contribution in [0.4, 0.5) is 15.8 Å². The zero-order valence-corrected chi connectivity index (χ0v) is 11.4. The number of ether oxygens (including phenoxy) is 1. The summed E-state index contributed by atoms with van der Waals surface area (Å²) in [6.45, 7) is 0. The number of para-hydroxylation sites is 1. The van der Waals surface area contributed by atoms with Crippen molar-refractivity contribution >= 4 is 21.4 Å². The van der Waals surface area contributed by atoms with Crippen LogP contribution in [0.1, 0.15) is 0 Å². The van der Waals surface area contributed by atoms with Crippen LogP contribution in [0.2, 0.25) is 0 Å². The first-order valence-electron chi connectivity index (χ1n) is 5.65. The highest BCUT2D eigenvalue weighted by molar-refractivity contribution is 7.92. The zero-order chi connectivity index (χ0) is 14.8. The number of halogens is 1. The molecule has 0 atom stereocenters. The first kappa shape index (κ1) is 14.1. The lowest BCUT2D eigenvalue weighted by Gasteiger charge is -2.10. The molecule has 0 unspecified atom stereocenters. The molecular formula is C13H13FN2O3S. The highest BCUT2D eigenvalue weighted by Gasteiger charge is 2.17. The molecule has 0 bridgehead atoms. The van der Waals surface area contributed by atoms with Crippen LogP contribution in [0, 0.1) is 5.82 Å². The van der Waals surface area contributed by atoms with Gasteiger partial charge in [-0.3, -0.25) is 4.72 Å². The van der Waals surface area contributed by atoms with Crippen LogP contribution in [-0.2, 0) is 10.0 Å². The molecule has 0 spiro atoms. The van der Waals surface area contributed by atoms with Gasteiger partial charge in [-0.05, 0) is 24.3 Å². The second-order valence-corrected chi connectivity index (χ2v) is 5.64. The summed E-state index contributed by atoms with van der Waals surface area (Å²) in [6, 6.07) is 9.80. The topological polar surface area (TPSA) is 81.4 Å². The fourth-order valence-electron chi connectivity index (χ4n) is 1.67. The minimum absolute atomic E-state index is 0.0344. The number of nitrogen functional groups attached to an aromatic ring is 1. The number of hydrogen-bond donors (Lipinski definition) is 2. The number of hydrogen-bond acceptors (Lipinski definition) is 4. The highest BCUT2D eigenvalue weighted by atomic mass is 32.2. The Bertz CT molecular complexity index is 732. The summed E-state index contributed by atoms with van der Waals surface area (Å²) in [7, 11) is -2.54. The van der Waals surface area contributed by atoms with Crippen LogP contribution < -0.4 is 15.2 Å². The van der Waals surface area contributed by atoms with Crippen LogP contribution in [0.3, 0.4) is 0 Å². The molecule has 0 aliphatic carbocycles. The second-order valence-electron chi connectivity index (χ2n) is 3.99. The van der Waals surface area contributed by atoms with Gasteiger partial charge in [-0.2, -0.15) is 0 Å². The van der Waals surface area contributed by atoms with E-state index < -0.39 is 15.8 Å². The molecule has 0 aliphatic heterocycles. The minimum Gasteiger partial charge on any atom is -0.494 e. The van der Waals surface area contributed by atoms with E-state index in [9.17, 15) is 12.8 Å². The van der Waals surface area contributed by atoms with E-state index in [1.165, 1.54) is 31.4 Å². The zero-order valence-electron chi connectivity index (χ0n) is 10.6. The molecule has 20 heavy (non-hydrogen) atoms. The predicted molar refractivity (Wildman–Crippen MR) is 74.6 cm³/mol. The van der Waals surface area contributed by atoms with E-state index in [-0.39, 0.29) is 22.0 Å². The third-order valence-corrected chi connectivity index (χ3v) is 4.07. The number of nitrogens with two attached hydrogens (primary N) is 1. The first-order valence-corrected chi connectivity index (χ1v) is 7.13. The van der Waals surface area contributed by atoms with Gasteiger partial charge in [-0.1, -0.05) is 12.1 Å². The van der Waals surface area contributed by atoms with Crippen molar-refractivity contribution in [3.63, 3.8) is 0 Å². The van der Waals surface area contributed by atoms with Crippen LogP contribution in [-0.4, -0.2) is 15.5 Å². The van der Waals surface area contributed by atoms with Gasteiger partial charge in [-0.15, -0.1) is 0 Å². The number of benzene rings is 2. The second kappa shape index (κ2) is 5.38. The molecule has 0 fully saturated rings. The molecule has 3 N–H and O–H groups in total. The third-order valence-electron chi connectivity index (χ3n) is 2.61. The van der Waals surface area contributed by atoms with Crippen molar-refractivity contribution in [2.24, 2.45) is 0 Å². The maximum atomic E-state index is 13.5. The van der Waals surface area contributed by atoms with Gasteiger partial charge in [0, 0.05) is 6.07 Å². The number of sulfonamides is 1. The Balaban J connectivity index is 2.34. The van der Waals surface area contributed by atoms with Crippen molar-refractivity contribution in [2.75, 3.05) is 17.6 Å². The van der Waals surface area contributed by atoms with Gasteiger partial charge in [0.25, 0.3) is 10.0 Å². The average Bonchev–Trinajstić information content (AvgIpc) is 2.38. The molecule has 5 nitrogen and oxygen atoms in total. The van der Waals surface area contributed by atoms with Gasteiger partial charge < -0.3 is 10.5 Å². The van der Waals surface area contributed by atoms with Gasteiger partial charge in [0.05, 0.1) is 18.5 Å². The Kier molecular flexibility index (Phi) is 3.80. The van der Waals surface area contributed by atoms with Gasteiger partial charge in [0.15, 0.2) is 11.6 Å². The lowest BCUT2D eigenvalue weighted by molar-refractivity contribution is 0.386. The predicted octanol–water partition coefficient (Wildman–Crippen LogP) is 2.22. The van der Waals surface area contributed by atoms with E-state index in [0.29, 0.717) is 0 Å². The van der Waals surface area contributed by atoms with Gasteiger partial charge in [0.1, 0.15) is 4.90 Å². The summed E-state index contributed by atoms with van der Waals surface area (Å²) >= 11 is 0. The van der Waals surface area contributed by atoms with E-state index in [1.54, 1.807) is 12.1 Å². The summed E-state index contributed by atoms with van der Waals surface area (Å²) < 4.78 is 44.8. The normalized spacial score (nSPS) is 11.1. The standard InChI is InChI=1S/C13H13FN2O3S/c1-19-12-7-6-9(8-10(12)14)16-20(17,18)13-5-3-2-4-11(13)15/h2-8,16H,15H2,1H3. The number of anilines is 2. The fraction of sp³-hybridized carbons (Fsp3) is 0.0769. The molecule has 0 aromatic heterocycles. The van der Waals surface area contributed by atoms with Crippen molar-refractivity contribution in [3.05, 3.63) is 48.3 Å². The Morgan fingerprint density at radius 1 is 1.20 bits per heavy atom. The molecule has 0 amide bonds. The quantitative estimate of drug-likeness (QED) is 0.848. The Hall–Kier alpha value is -2.28. The Labute approximate surface area is 116 Å². The van der Waals surface area contributed by atoms with Crippen molar-refractivity contribution in [1.29, 1.82) is 0 Å². The first-order chi connectivity index (χ1) is 9.44. The van der Waals surface area contributed by atoms with Crippen molar-refractivity contribution in [2.45, 2.75) is 4.90 Å². The fourth-order valence-corrected chi connectivity index (χ4v) is 2.85. The molecular weight excluding hydrogens is 283 g/mol. The van der Waals surface area contributed by atoms with Crippen LogP contribution >= 0.6 is 0 Å². The molecule has 0 heterocycles. The molecule has 0 saturated heterocycles. The van der Waals surface area contributed by atoms with Gasteiger partial charge >= 0.3 is 0 Å². The van der Waals surface area contributed by atoms with Crippen LogP contribution in [0.5, 0.6) is 5.75 Å². The molecule has 0 radical (unpaired) electrons. The molecule has 2 aromatic carbocycles. The molecule has 2 aromatic rings. The van der Waals surface area contributed by atoms with E-state index in [4.69, 9.17) is 10.5 Å². The van der Waals surface area contributed by atoms with Crippen molar-refractivity contribution in [1.82, 2.24) is 0 Å². The molecule has 7 heteroatoms. The van der Waals surface area contributed by atoms with Gasteiger partial charge in [-0.25, -0.2) is 12.8 Å². The molecule has 0 aliphatic rings. The summed E-state index contributed by atoms with van der Waals surface area (Å²) in [5, 5.41) is 0. The minimum atomic E-state index is -3.86. The highest BCUT2D eigenvalue weighted by Crippen LogP contribution is 2.24. The number of rotatable bonds is 4. The molecule has 106 valence electrons. The van der Waals surface area contributed by atoms with Gasteiger partial charge in [0.2, 0.25) is 0 Å². The lowest BCUT2D eigenvalue weighted by atomic mass is 10.3. The number of nitrogens with one attached hydrogen (secondary N) is 1. The maximum Gasteiger partial charge on any atom is 0.263 e. The lowest BCUT2D eigenvalue weighted by Crippen LogP contribution is -2.14. The number of methoxy groups -OCH3 is 1.